The van der Waals surface area contributed by atoms with Crippen LogP contribution in [-0.4, -0.2) is 24.5 Å². The first kappa shape index (κ1) is 12.2. The Hall–Kier alpha value is -1.22. The van der Waals surface area contributed by atoms with Crippen LogP contribution in [0.25, 0.3) is 0 Å². The molecule has 0 aromatic heterocycles. The molecule has 2 heterocycles. The average Bonchev–Trinajstić information content (AvgIpc) is 2.96. The first-order valence-corrected chi connectivity index (χ1v) is 5.90. The van der Waals surface area contributed by atoms with Crippen molar-refractivity contribution in [1.82, 2.24) is 5.32 Å². The van der Waals surface area contributed by atoms with Gasteiger partial charge < -0.3 is 10.1 Å². The molecule has 1 unspecified atom stereocenters. The molecule has 1 atom stereocenters. The molecule has 0 amide bonds. The Kier molecular flexibility index (Phi) is 3.29. The minimum absolute atomic E-state index is 0. The van der Waals surface area contributed by atoms with Gasteiger partial charge in [-0.25, -0.2) is 0 Å². The minimum Gasteiger partial charge on any atom is -0.479 e. The Balaban J connectivity index is 0.00000108. The third kappa shape index (κ3) is 1.89. The van der Waals surface area contributed by atoms with Gasteiger partial charge in [-0.3, -0.25) is 4.99 Å². The largest absolute Gasteiger partial charge is 0.479 e. The number of para-hydroxylation sites is 1. The molecule has 0 aliphatic carbocycles. The average molecular weight is 253 g/mol. The Labute approximate surface area is 108 Å². The van der Waals surface area contributed by atoms with Crippen LogP contribution in [0.15, 0.2) is 29.3 Å². The third-order valence-corrected chi connectivity index (χ3v) is 3.43. The lowest BCUT2D eigenvalue weighted by Gasteiger charge is -2.27. The van der Waals surface area contributed by atoms with Crippen molar-refractivity contribution in [3.05, 3.63) is 29.8 Å². The van der Waals surface area contributed by atoms with Crippen molar-refractivity contribution >= 4 is 18.2 Å². The Morgan fingerprint density at radius 3 is 2.88 bits per heavy atom. The van der Waals surface area contributed by atoms with Crippen molar-refractivity contribution in [2.24, 2.45) is 4.99 Å². The molecule has 92 valence electrons. The van der Waals surface area contributed by atoms with Crippen LogP contribution in [-0.2, 0) is 6.42 Å². The first-order valence-electron chi connectivity index (χ1n) is 5.90. The van der Waals surface area contributed by atoms with Gasteiger partial charge in [0.05, 0.1) is 6.54 Å². The number of nitrogens with zero attached hydrogens (tertiary/aromatic N) is 1. The van der Waals surface area contributed by atoms with Crippen molar-refractivity contribution in [2.75, 3.05) is 13.1 Å². The highest BCUT2D eigenvalue weighted by Crippen LogP contribution is 2.37. The standard InChI is InChI=1S/C13H16N2O.ClH/c1-2-13(12-14-7-8-15-12)9-10-5-3-4-6-11(10)16-13;/h3-6H,2,7-9H2,1H3,(H,14,15);1H. The van der Waals surface area contributed by atoms with Gasteiger partial charge in [-0.1, -0.05) is 25.1 Å². The van der Waals surface area contributed by atoms with Crippen LogP contribution in [0.5, 0.6) is 5.75 Å². The van der Waals surface area contributed by atoms with Gasteiger partial charge in [-0.05, 0) is 18.1 Å². The van der Waals surface area contributed by atoms with E-state index in [1.807, 2.05) is 12.1 Å². The number of ether oxygens (including phenoxy) is 1. The fourth-order valence-corrected chi connectivity index (χ4v) is 2.50. The molecule has 2 aliphatic rings. The van der Waals surface area contributed by atoms with Crippen molar-refractivity contribution in [3.63, 3.8) is 0 Å². The summed E-state index contributed by atoms with van der Waals surface area (Å²) in [7, 11) is 0. The Morgan fingerprint density at radius 2 is 2.24 bits per heavy atom. The topological polar surface area (TPSA) is 33.6 Å². The molecule has 0 radical (unpaired) electrons. The van der Waals surface area contributed by atoms with E-state index < -0.39 is 0 Å². The van der Waals surface area contributed by atoms with Crippen molar-refractivity contribution in [3.8, 4) is 5.75 Å². The summed E-state index contributed by atoms with van der Waals surface area (Å²) >= 11 is 0. The summed E-state index contributed by atoms with van der Waals surface area (Å²) in [5.74, 6) is 2.05. The van der Waals surface area contributed by atoms with Crippen LogP contribution < -0.4 is 10.1 Å². The van der Waals surface area contributed by atoms with Gasteiger partial charge in [0, 0.05) is 13.0 Å². The number of nitrogens with one attached hydrogen (secondary N) is 1. The highest BCUT2D eigenvalue weighted by atomic mass is 35.5. The first-order chi connectivity index (χ1) is 7.84. The van der Waals surface area contributed by atoms with Gasteiger partial charge in [0.2, 0.25) is 0 Å². The van der Waals surface area contributed by atoms with Gasteiger partial charge >= 0.3 is 0 Å². The lowest BCUT2D eigenvalue weighted by molar-refractivity contribution is 0.162. The van der Waals surface area contributed by atoms with E-state index >= 15 is 0 Å². The van der Waals surface area contributed by atoms with E-state index in [0.717, 1.165) is 37.5 Å². The van der Waals surface area contributed by atoms with Crippen molar-refractivity contribution in [1.29, 1.82) is 0 Å². The fraction of sp³-hybridized carbons (Fsp3) is 0.462. The molecule has 0 saturated carbocycles. The normalized spacial score (nSPS) is 25.4. The molecular weight excluding hydrogens is 236 g/mol. The van der Waals surface area contributed by atoms with Crippen LogP contribution in [0.3, 0.4) is 0 Å². The molecule has 1 N–H and O–H groups in total. The molecule has 0 fully saturated rings. The zero-order valence-electron chi connectivity index (χ0n) is 9.90. The summed E-state index contributed by atoms with van der Waals surface area (Å²) in [6.07, 6.45) is 1.89. The van der Waals surface area contributed by atoms with E-state index in [2.05, 4.69) is 29.4 Å². The van der Waals surface area contributed by atoms with Crippen LogP contribution in [0, 0.1) is 0 Å². The lowest BCUT2D eigenvalue weighted by Crippen LogP contribution is -2.48. The van der Waals surface area contributed by atoms with Gasteiger partial charge in [0.1, 0.15) is 11.6 Å². The number of hydrogen-bond acceptors (Lipinski definition) is 3. The smallest absolute Gasteiger partial charge is 0.169 e. The molecule has 2 aliphatic heterocycles. The fourth-order valence-electron chi connectivity index (χ4n) is 2.50. The SMILES string of the molecule is CCC1(C2=NCCN2)Cc2ccccc2O1.Cl. The molecule has 0 saturated heterocycles. The second-order valence-electron chi connectivity index (χ2n) is 4.39. The molecule has 4 heteroatoms. The predicted octanol–water partition coefficient (Wildman–Crippen LogP) is 2.19. The van der Waals surface area contributed by atoms with Gasteiger partial charge in [-0.15, -0.1) is 12.4 Å². The van der Waals surface area contributed by atoms with E-state index in [1.54, 1.807) is 0 Å². The summed E-state index contributed by atoms with van der Waals surface area (Å²) in [5.41, 5.74) is 1.06. The van der Waals surface area contributed by atoms with Gasteiger partial charge in [-0.2, -0.15) is 0 Å². The quantitative estimate of drug-likeness (QED) is 0.876. The number of amidine groups is 1. The summed E-state index contributed by atoms with van der Waals surface area (Å²) in [6.45, 7) is 3.97. The van der Waals surface area contributed by atoms with Gasteiger partial charge in [0.25, 0.3) is 0 Å². The van der Waals surface area contributed by atoms with Crippen LogP contribution >= 0.6 is 12.4 Å². The zero-order chi connectivity index (χ0) is 11.0. The zero-order valence-corrected chi connectivity index (χ0v) is 10.7. The Bertz CT molecular complexity index is 420. The maximum absolute atomic E-state index is 6.13. The van der Waals surface area contributed by atoms with Crippen LogP contribution in [0.4, 0.5) is 0 Å². The monoisotopic (exact) mass is 252 g/mol. The molecule has 3 nitrogen and oxygen atoms in total. The molecule has 3 rings (SSSR count). The van der Waals surface area contributed by atoms with Crippen molar-refractivity contribution < 1.29 is 4.74 Å². The van der Waals surface area contributed by atoms with Crippen LogP contribution in [0.1, 0.15) is 18.9 Å². The van der Waals surface area contributed by atoms with Crippen molar-refractivity contribution in [2.45, 2.75) is 25.4 Å². The summed E-state index contributed by atoms with van der Waals surface area (Å²) in [4.78, 5) is 4.52. The molecule has 1 aromatic carbocycles. The second-order valence-corrected chi connectivity index (χ2v) is 4.39. The maximum Gasteiger partial charge on any atom is 0.169 e. The van der Waals surface area contributed by atoms with Gasteiger partial charge in [0.15, 0.2) is 5.60 Å². The Morgan fingerprint density at radius 1 is 1.41 bits per heavy atom. The molecule has 0 bridgehead atoms. The predicted molar refractivity (Wildman–Crippen MR) is 71.3 cm³/mol. The van der Waals surface area contributed by atoms with E-state index in [0.29, 0.717) is 0 Å². The number of fused-ring (bicyclic) bond motifs is 1. The number of rotatable bonds is 2. The maximum atomic E-state index is 6.13. The minimum atomic E-state index is -0.236. The van der Waals surface area contributed by atoms with E-state index in [9.17, 15) is 0 Å². The van der Waals surface area contributed by atoms with Crippen LogP contribution in [0.2, 0.25) is 0 Å². The van der Waals surface area contributed by atoms with E-state index in [1.165, 1.54) is 5.56 Å². The highest BCUT2D eigenvalue weighted by Gasteiger charge is 2.43. The lowest BCUT2D eigenvalue weighted by atomic mass is 9.93. The molecule has 0 spiro atoms. The van der Waals surface area contributed by atoms with E-state index in [4.69, 9.17) is 4.74 Å². The highest BCUT2D eigenvalue weighted by molar-refractivity contribution is 5.93. The number of halogens is 1. The van der Waals surface area contributed by atoms with E-state index in [-0.39, 0.29) is 18.0 Å². The third-order valence-electron chi connectivity index (χ3n) is 3.43. The molecule has 17 heavy (non-hydrogen) atoms. The summed E-state index contributed by atoms with van der Waals surface area (Å²) in [5, 5.41) is 3.35. The summed E-state index contributed by atoms with van der Waals surface area (Å²) in [6, 6.07) is 8.27. The number of aliphatic imine (C=N–C) groups is 1. The molecule has 1 aromatic rings. The number of hydrogen-bond donors (Lipinski definition) is 1. The summed E-state index contributed by atoms with van der Waals surface area (Å²) < 4.78 is 6.13. The molecular formula is C13H17ClN2O. The second kappa shape index (κ2) is 4.57. The number of benzene rings is 1.